The van der Waals surface area contributed by atoms with Gasteiger partial charge in [-0.1, -0.05) is 23.4 Å². The number of benzene rings is 1. The molecule has 2 amide bonds. The second-order valence-corrected chi connectivity index (χ2v) is 7.15. The number of aromatic nitrogens is 3. The molecule has 1 aliphatic heterocycles. The first kappa shape index (κ1) is 19.7. The van der Waals surface area contributed by atoms with Crippen molar-refractivity contribution in [1.82, 2.24) is 25.2 Å². The number of likely N-dealkylation sites (N-methyl/N-ethyl adjacent to an activating group) is 1. The summed E-state index contributed by atoms with van der Waals surface area (Å²) in [5.74, 6) is 0.642. The monoisotopic (exact) mass is 409 g/mol. The zero-order chi connectivity index (χ0) is 21.1. The van der Waals surface area contributed by atoms with Gasteiger partial charge in [0.25, 0.3) is 5.91 Å². The number of hydrogen-bond donors (Lipinski definition) is 1. The molecule has 0 bridgehead atoms. The van der Waals surface area contributed by atoms with E-state index in [0.29, 0.717) is 30.0 Å². The smallest absolute Gasteiger partial charge is 0.277 e. The molecule has 1 aliphatic rings. The third-order valence-electron chi connectivity index (χ3n) is 5.19. The fourth-order valence-corrected chi connectivity index (χ4v) is 3.65. The quantitative estimate of drug-likeness (QED) is 0.664. The molecule has 2 atom stereocenters. The Morgan fingerprint density at radius 2 is 2.07 bits per heavy atom. The summed E-state index contributed by atoms with van der Waals surface area (Å²) < 4.78 is 13.0. The first-order valence-electron chi connectivity index (χ1n) is 9.73. The molecule has 9 heteroatoms. The van der Waals surface area contributed by atoms with Crippen molar-refractivity contribution in [2.75, 3.05) is 13.6 Å². The summed E-state index contributed by atoms with van der Waals surface area (Å²) in [6.45, 7) is 2.38. The van der Waals surface area contributed by atoms with Gasteiger partial charge in [0, 0.05) is 31.4 Å². The molecule has 30 heavy (non-hydrogen) atoms. The molecule has 0 aliphatic carbocycles. The fraction of sp³-hybridized carbons (Fsp3) is 0.333. The van der Waals surface area contributed by atoms with Crippen LogP contribution in [0.2, 0.25) is 0 Å². The number of nitrogens with zero attached hydrogens (tertiary/aromatic N) is 4. The predicted octanol–water partition coefficient (Wildman–Crippen LogP) is 1.64. The van der Waals surface area contributed by atoms with Crippen LogP contribution in [-0.2, 0) is 11.3 Å². The van der Waals surface area contributed by atoms with Gasteiger partial charge in [0.1, 0.15) is 23.7 Å². The van der Waals surface area contributed by atoms with Crippen LogP contribution in [0.3, 0.4) is 0 Å². The molecule has 4 rings (SSSR count). The summed E-state index contributed by atoms with van der Waals surface area (Å²) in [5.41, 5.74) is 0.837. The van der Waals surface area contributed by atoms with Gasteiger partial charge in [-0.3, -0.25) is 14.3 Å². The highest BCUT2D eigenvalue weighted by Gasteiger charge is 2.42. The molecule has 0 spiro atoms. The van der Waals surface area contributed by atoms with Crippen LogP contribution < -0.4 is 10.1 Å². The lowest BCUT2D eigenvalue weighted by Gasteiger charge is -2.22. The Morgan fingerprint density at radius 1 is 1.27 bits per heavy atom. The minimum Gasteiger partial charge on any atom is -0.488 e. The SMILES string of the molecule is CNC(=O)[C@@H]1C[C@H](Oc2ccccc2)CN1C(=O)c1noc(C)c1Cn1cccn1. The van der Waals surface area contributed by atoms with Gasteiger partial charge in [-0.15, -0.1) is 0 Å². The summed E-state index contributed by atoms with van der Waals surface area (Å²) in [6, 6.07) is 10.5. The molecule has 0 radical (unpaired) electrons. The van der Waals surface area contributed by atoms with Gasteiger partial charge in [-0.25, -0.2) is 0 Å². The van der Waals surface area contributed by atoms with E-state index in [-0.39, 0.29) is 30.2 Å². The van der Waals surface area contributed by atoms with Crippen molar-refractivity contribution in [3.63, 3.8) is 0 Å². The number of carbonyl (C=O) groups excluding carboxylic acids is 2. The number of amides is 2. The Balaban J connectivity index is 1.58. The van der Waals surface area contributed by atoms with Crippen molar-refractivity contribution in [1.29, 1.82) is 0 Å². The number of rotatable bonds is 6. The largest absolute Gasteiger partial charge is 0.488 e. The van der Waals surface area contributed by atoms with Gasteiger partial charge in [0.05, 0.1) is 13.1 Å². The Kier molecular flexibility index (Phi) is 5.51. The number of aryl methyl sites for hydroxylation is 1. The fourth-order valence-electron chi connectivity index (χ4n) is 3.65. The maximum absolute atomic E-state index is 13.4. The number of carbonyl (C=O) groups is 2. The van der Waals surface area contributed by atoms with Crippen molar-refractivity contribution in [3.8, 4) is 5.75 Å². The third-order valence-corrected chi connectivity index (χ3v) is 5.19. The molecule has 0 unspecified atom stereocenters. The standard InChI is InChI=1S/C21H23N5O4/c1-14-17(13-25-10-6-9-23-25)19(24-30-14)21(28)26-12-16(11-18(26)20(27)22-2)29-15-7-4-3-5-8-15/h3-10,16,18H,11-13H2,1-2H3,(H,22,27)/t16-,18-/m0/s1. The van der Waals surface area contributed by atoms with E-state index in [2.05, 4.69) is 15.6 Å². The molecule has 1 fully saturated rings. The molecule has 1 aromatic carbocycles. The Bertz CT molecular complexity index is 1020. The molecular formula is C21H23N5O4. The highest BCUT2D eigenvalue weighted by molar-refractivity contribution is 5.97. The van der Waals surface area contributed by atoms with Crippen LogP contribution in [0.1, 0.15) is 28.2 Å². The number of hydrogen-bond acceptors (Lipinski definition) is 6. The highest BCUT2D eigenvalue weighted by atomic mass is 16.5. The summed E-state index contributed by atoms with van der Waals surface area (Å²) in [7, 11) is 1.56. The van der Waals surface area contributed by atoms with E-state index in [1.165, 1.54) is 4.90 Å². The highest BCUT2D eigenvalue weighted by Crippen LogP contribution is 2.26. The van der Waals surface area contributed by atoms with Gasteiger partial charge in [-0.05, 0) is 25.1 Å². The lowest BCUT2D eigenvalue weighted by Crippen LogP contribution is -2.45. The first-order valence-corrected chi connectivity index (χ1v) is 9.73. The van der Waals surface area contributed by atoms with E-state index in [1.54, 1.807) is 37.1 Å². The maximum atomic E-state index is 13.4. The van der Waals surface area contributed by atoms with Crippen LogP contribution in [-0.4, -0.2) is 57.4 Å². The zero-order valence-corrected chi connectivity index (χ0v) is 16.8. The van der Waals surface area contributed by atoms with Crippen LogP contribution in [0.4, 0.5) is 0 Å². The van der Waals surface area contributed by atoms with E-state index >= 15 is 0 Å². The lowest BCUT2D eigenvalue weighted by molar-refractivity contribution is -0.124. The van der Waals surface area contributed by atoms with Crippen LogP contribution in [0.25, 0.3) is 0 Å². The predicted molar refractivity (Wildman–Crippen MR) is 107 cm³/mol. The first-order chi connectivity index (χ1) is 14.6. The lowest BCUT2D eigenvalue weighted by atomic mass is 10.1. The second-order valence-electron chi connectivity index (χ2n) is 7.15. The third kappa shape index (κ3) is 3.91. The van der Waals surface area contributed by atoms with Gasteiger partial charge in [-0.2, -0.15) is 5.10 Å². The van der Waals surface area contributed by atoms with E-state index in [4.69, 9.17) is 9.26 Å². The number of nitrogens with one attached hydrogen (secondary N) is 1. The average Bonchev–Trinajstić information content (AvgIpc) is 3.50. The molecular weight excluding hydrogens is 386 g/mol. The molecule has 3 heterocycles. The van der Waals surface area contributed by atoms with E-state index in [1.807, 2.05) is 30.3 Å². The Labute approximate surface area is 173 Å². The van der Waals surface area contributed by atoms with E-state index < -0.39 is 6.04 Å². The van der Waals surface area contributed by atoms with Crippen molar-refractivity contribution in [3.05, 3.63) is 65.8 Å². The molecule has 0 saturated carbocycles. The molecule has 9 nitrogen and oxygen atoms in total. The summed E-state index contributed by atoms with van der Waals surface area (Å²) in [5, 5.41) is 10.8. The maximum Gasteiger partial charge on any atom is 0.277 e. The summed E-state index contributed by atoms with van der Waals surface area (Å²) >= 11 is 0. The molecule has 1 N–H and O–H groups in total. The molecule has 2 aromatic heterocycles. The number of likely N-dealkylation sites (tertiary alicyclic amines) is 1. The van der Waals surface area contributed by atoms with Crippen LogP contribution in [0.5, 0.6) is 5.75 Å². The number of ether oxygens (including phenoxy) is 1. The topological polar surface area (TPSA) is 102 Å². The van der Waals surface area contributed by atoms with Gasteiger partial charge in [0.2, 0.25) is 5.91 Å². The van der Waals surface area contributed by atoms with E-state index in [0.717, 1.165) is 0 Å². The van der Waals surface area contributed by atoms with E-state index in [9.17, 15) is 9.59 Å². The van der Waals surface area contributed by atoms with Crippen LogP contribution in [0.15, 0.2) is 53.3 Å². The Hall–Kier alpha value is -3.62. The molecule has 156 valence electrons. The van der Waals surface area contributed by atoms with Gasteiger partial charge >= 0.3 is 0 Å². The second kappa shape index (κ2) is 8.40. The average molecular weight is 409 g/mol. The molecule has 1 saturated heterocycles. The summed E-state index contributed by atoms with van der Waals surface area (Å²) in [6.07, 6.45) is 3.55. The van der Waals surface area contributed by atoms with Gasteiger partial charge < -0.3 is 19.5 Å². The van der Waals surface area contributed by atoms with Crippen molar-refractivity contribution in [2.24, 2.45) is 0 Å². The zero-order valence-electron chi connectivity index (χ0n) is 16.8. The normalized spacial score (nSPS) is 18.4. The number of para-hydroxylation sites is 1. The van der Waals surface area contributed by atoms with Crippen LogP contribution >= 0.6 is 0 Å². The Morgan fingerprint density at radius 3 is 2.77 bits per heavy atom. The van der Waals surface area contributed by atoms with Crippen molar-refractivity contribution >= 4 is 11.8 Å². The van der Waals surface area contributed by atoms with Crippen LogP contribution in [0, 0.1) is 6.92 Å². The summed E-state index contributed by atoms with van der Waals surface area (Å²) in [4.78, 5) is 27.4. The molecule has 3 aromatic rings. The minimum absolute atomic E-state index is 0.192. The van der Waals surface area contributed by atoms with Crippen molar-refractivity contribution in [2.45, 2.75) is 32.0 Å². The van der Waals surface area contributed by atoms with Gasteiger partial charge in [0.15, 0.2) is 5.69 Å². The van der Waals surface area contributed by atoms with Crippen molar-refractivity contribution < 1.29 is 18.8 Å². The minimum atomic E-state index is -0.647.